The summed E-state index contributed by atoms with van der Waals surface area (Å²) in [7, 11) is -3.60. The number of fused-ring (bicyclic) bond motifs is 1. The second-order valence-electron chi connectivity index (χ2n) is 6.92. The smallest absolute Gasteiger partial charge is 0.263 e. The van der Waals surface area contributed by atoms with Crippen LogP contribution in [0.15, 0.2) is 36.4 Å². The summed E-state index contributed by atoms with van der Waals surface area (Å²) in [5, 5.41) is 3.11. The van der Waals surface area contributed by atoms with Crippen LogP contribution in [0.5, 0.6) is 11.5 Å². The fraction of sp³-hybridized carbons (Fsp3) is 0.350. The van der Waals surface area contributed by atoms with Crippen molar-refractivity contribution in [3.8, 4) is 11.5 Å². The molecule has 7 nitrogen and oxygen atoms in total. The Labute approximate surface area is 175 Å². The Morgan fingerprint density at radius 3 is 2.72 bits per heavy atom. The van der Waals surface area contributed by atoms with Gasteiger partial charge in [0.1, 0.15) is 18.1 Å². The molecule has 1 aliphatic rings. The van der Waals surface area contributed by atoms with E-state index in [4.69, 9.17) is 21.1 Å². The van der Waals surface area contributed by atoms with Gasteiger partial charge in [-0.2, -0.15) is 0 Å². The summed E-state index contributed by atoms with van der Waals surface area (Å²) in [6.45, 7) is 4.38. The highest BCUT2D eigenvalue weighted by molar-refractivity contribution is 7.92. The monoisotopic (exact) mass is 438 g/mol. The van der Waals surface area contributed by atoms with Gasteiger partial charge in [-0.3, -0.25) is 9.10 Å². The molecular weight excluding hydrogens is 416 g/mol. The van der Waals surface area contributed by atoms with Gasteiger partial charge in [0.15, 0.2) is 6.10 Å². The number of carbonyl (C=O) groups excluding carboxylic acids is 1. The van der Waals surface area contributed by atoms with Gasteiger partial charge in [-0.05, 0) is 43.7 Å². The summed E-state index contributed by atoms with van der Waals surface area (Å²) in [5.74, 6) is 0.633. The lowest BCUT2D eigenvalue weighted by Crippen LogP contribution is -2.51. The molecule has 29 heavy (non-hydrogen) atoms. The molecule has 1 amide bonds. The van der Waals surface area contributed by atoms with Gasteiger partial charge in [-0.25, -0.2) is 8.42 Å². The average Bonchev–Trinajstić information content (AvgIpc) is 2.64. The molecule has 1 atom stereocenters. The van der Waals surface area contributed by atoms with E-state index in [2.05, 4.69) is 5.32 Å². The molecule has 0 saturated heterocycles. The van der Waals surface area contributed by atoms with Gasteiger partial charge in [0.05, 0.1) is 25.0 Å². The second kappa shape index (κ2) is 8.51. The van der Waals surface area contributed by atoms with Crippen molar-refractivity contribution in [2.45, 2.75) is 20.0 Å². The van der Waals surface area contributed by atoms with Crippen LogP contribution in [0.25, 0.3) is 0 Å². The first-order chi connectivity index (χ1) is 13.6. The van der Waals surface area contributed by atoms with Crippen LogP contribution in [0.2, 0.25) is 5.02 Å². The first-order valence-electron chi connectivity index (χ1n) is 9.07. The van der Waals surface area contributed by atoms with Crippen molar-refractivity contribution in [1.82, 2.24) is 5.32 Å². The quantitative estimate of drug-likeness (QED) is 0.701. The Kier molecular flexibility index (Phi) is 6.24. The second-order valence-corrected chi connectivity index (χ2v) is 9.26. The molecule has 1 aliphatic heterocycles. The van der Waals surface area contributed by atoms with Crippen LogP contribution in [-0.2, 0) is 14.8 Å². The van der Waals surface area contributed by atoms with E-state index < -0.39 is 22.0 Å². The zero-order chi connectivity index (χ0) is 21.2. The number of aryl methyl sites for hydroxylation is 2. The third-order valence-corrected chi connectivity index (χ3v) is 5.85. The molecule has 0 aromatic heterocycles. The molecule has 0 fully saturated rings. The van der Waals surface area contributed by atoms with Crippen molar-refractivity contribution < 1.29 is 22.7 Å². The standard InChI is InChI=1S/C20H23ClN2O5S/c1-13-4-6-17(14(2)10-13)27-9-8-22-20(24)19-12-23(29(3,25)26)16-11-15(21)5-7-18(16)28-19/h4-7,10-11,19H,8-9,12H2,1-3H3,(H,22,24). The average molecular weight is 439 g/mol. The van der Waals surface area contributed by atoms with E-state index in [-0.39, 0.29) is 25.4 Å². The van der Waals surface area contributed by atoms with Crippen molar-refractivity contribution in [3.63, 3.8) is 0 Å². The molecular formula is C20H23ClN2O5S. The number of hydrogen-bond donors (Lipinski definition) is 1. The molecule has 3 rings (SSSR count). The number of halogens is 1. The maximum atomic E-state index is 12.5. The first kappa shape index (κ1) is 21.3. The minimum absolute atomic E-state index is 0.129. The molecule has 2 aromatic carbocycles. The fourth-order valence-corrected chi connectivity index (χ4v) is 4.16. The third kappa shape index (κ3) is 5.13. The highest BCUT2D eigenvalue weighted by Gasteiger charge is 2.35. The van der Waals surface area contributed by atoms with Crippen LogP contribution in [0, 0.1) is 13.8 Å². The van der Waals surface area contributed by atoms with Gasteiger partial charge < -0.3 is 14.8 Å². The number of nitrogens with zero attached hydrogens (tertiary/aromatic N) is 1. The number of anilines is 1. The van der Waals surface area contributed by atoms with Gasteiger partial charge in [0.25, 0.3) is 5.91 Å². The Morgan fingerprint density at radius 1 is 1.28 bits per heavy atom. The van der Waals surface area contributed by atoms with Gasteiger partial charge in [-0.15, -0.1) is 0 Å². The number of nitrogens with one attached hydrogen (secondary N) is 1. The zero-order valence-corrected chi connectivity index (χ0v) is 18.0. The molecule has 9 heteroatoms. The molecule has 1 heterocycles. The lowest BCUT2D eigenvalue weighted by molar-refractivity contribution is -0.127. The molecule has 0 saturated carbocycles. The van der Waals surface area contributed by atoms with Crippen LogP contribution in [-0.4, -0.2) is 46.4 Å². The zero-order valence-electron chi connectivity index (χ0n) is 16.4. The molecule has 156 valence electrons. The van der Waals surface area contributed by atoms with Crippen LogP contribution in [0.4, 0.5) is 5.69 Å². The third-order valence-electron chi connectivity index (χ3n) is 4.47. The predicted octanol–water partition coefficient (Wildman–Crippen LogP) is 2.68. The van der Waals surface area contributed by atoms with Gasteiger partial charge in [-0.1, -0.05) is 29.3 Å². The number of amides is 1. The van der Waals surface area contributed by atoms with Crippen molar-refractivity contribution in [2.75, 3.05) is 30.3 Å². The Balaban J connectivity index is 1.61. The Hall–Kier alpha value is -2.45. The van der Waals surface area contributed by atoms with Gasteiger partial charge in [0, 0.05) is 5.02 Å². The molecule has 1 unspecified atom stereocenters. The Bertz CT molecular complexity index is 1030. The highest BCUT2D eigenvalue weighted by Crippen LogP contribution is 2.37. The van der Waals surface area contributed by atoms with E-state index in [0.717, 1.165) is 27.4 Å². The summed E-state index contributed by atoms with van der Waals surface area (Å²) >= 11 is 5.98. The summed E-state index contributed by atoms with van der Waals surface area (Å²) < 4.78 is 36.9. The summed E-state index contributed by atoms with van der Waals surface area (Å²) in [6, 6.07) is 10.5. The normalized spacial score (nSPS) is 16.0. The van der Waals surface area contributed by atoms with E-state index in [1.165, 1.54) is 6.07 Å². The van der Waals surface area contributed by atoms with E-state index in [1.807, 2.05) is 32.0 Å². The van der Waals surface area contributed by atoms with Crippen molar-refractivity contribution in [3.05, 3.63) is 52.5 Å². The van der Waals surface area contributed by atoms with E-state index in [1.54, 1.807) is 12.1 Å². The van der Waals surface area contributed by atoms with Crippen LogP contribution >= 0.6 is 11.6 Å². The van der Waals surface area contributed by atoms with Crippen LogP contribution in [0.1, 0.15) is 11.1 Å². The molecule has 0 radical (unpaired) electrons. The van der Waals surface area contributed by atoms with E-state index in [9.17, 15) is 13.2 Å². The summed E-state index contributed by atoms with van der Waals surface area (Å²) in [6.07, 6.45) is 0.106. The highest BCUT2D eigenvalue weighted by atomic mass is 35.5. The Morgan fingerprint density at radius 2 is 2.03 bits per heavy atom. The minimum Gasteiger partial charge on any atom is -0.491 e. The number of carbonyl (C=O) groups is 1. The number of benzene rings is 2. The van der Waals surface area contributed by atoms with Gasteiger partial charge >= 0.3 is 0 Å². The van der Waals surface area contributed by atoms with Crippen LogP contribution < -0.4 is 19.1 Å². The largest absolute Gasteiger partial charge is 0.491 e. The molecule has 2 aromatic rings. The van der Waals surface area contributed by atoms with Crippen molar-refractivity contribution >= 4 is 33.2 Å². The maximum Gasteiger partial charge on any atom is 0.263 e. The molecule has 1 N–H and O–H groups in total. The fourth-order valence-electron chi connectivity index (χ4n) is 3.09. The number of ether oxygens (including phenoxy) is 2. The lowest BCUT2D eigenvalue weighted by atomic mass is 10.1. The van der Waals surface area contributed by atoms with Gasteiger partial charge in [0.2, 0.25) is 10.0 Å². The maximum absolute atomic E-state index is 12.5. The number of sulfonamides is 1. The first-order valence-corrected chi connectivity index (χ1v) is 11.3. The van der Waals surface area contributed by atoms with Crippen LogP contribution in [0.3, 0.4) is 0 Å². The summed E-state index contributed by atoms with van der Waals surface area (Å²) in [4.78, 5) is 12.5. The predicted molar refractivity (Wildman–Crippen MR) is 112 cm³/mol. The van der Waals surface area contributed by atoms with E-state index >= 15 is 0 Å². The number of hydrogen-bond acceptors (Lipinski definition) is 5. The lowest BCUT2D eigenvalue weighted by Gasteiger charge is -2.34. The van der Waals surface area contributed by atoms with Crippen molar-refractivity contribution in [2.24, 2.45) is 0 Å². The van der Waals surface area contributed by atoms with E-state index in [0.29, 0.717) is 10.7 Å². The SMILES string of the molecule is Cc1ccc(OCCNC(=O)C2CN(S(C)(=O)=O)c3cc(Cl)ccc3O2)c(C)c1. The molecule has 0 aliphatic carbocycles. The number of rotatable bonds is 6. The van der Waals surface area contributed by atoms with Crippen molar-refractivity contribution in [1.29, 1.82) is 0 Å². The molecule has 0 bridgehead atoms. The molecule has 0 spiro atoms. The topological polar surface area (TPSA) is 84.9 Å². The summed E-state index contributed by atoms with van der Waals surface area (Å²) in [5.41, 5.74) is 2.49. The minimum atomic E-state index is -3.60.